The van der Waals surface area contributed by atoms with Gasteiger partial charge in [0.15, 0.2) is 0 Å². The van der Waals surface area contributed by atoms with Crippen LogP contribution in [0.15, 0.2) is 36.7 Å². The van der Waals surface area contributed by atoms with Crippen LogP contribution in [0, 0.1) is 5.92 Å². The van der Waals surface area contributed by atoms with Crippen molar-refractivity contribution in [2.24, 2.45) is 5.92 Å². The number of hydrogen-bond donors (Lipinski definition) is 1. The highest BCUT2D eigenvalue weighted by atomic mass is 16.5. The third-order valence-electron chi connectivity index (χ3n) is 5.29. The molecule has 0 bridgehead atoms. The van der Waals surface area contributed by atoms with Crippen LogP contribution in [0.1, 0.15) is 37.3 Å². The maximum absolute atomic E-state index is 10.2. The second-order valence-corrected chi connectivity index (χ2v) is 6.82. The summed E-state index contributed by atoms with van der Waals surface area (Å²) in [5, 5.41) is 10.2. The molecule has 1 aliphatic carbocycles. The maximum atomic E-state index is 10.2. The van der Waals surface area contributed by atoms with Crippen LogP contribution in [0.2, 0.25) is 0 Å². The average molecular weight is 312 g/mol. The van der Waals surface area contributed by atoms with Gasteiger partial charge in [0.1, 0.15) is 0 Å². The molecule has 2 fully saturated rings. The van der Waals surface area contributed by atoms with Crippen molar-refractivity contribution in [3.63, 3.8) is 0 Å². The molecule has 2 aromatic rings. The lowest BCUT2D eigenvalue weighted by Gasteiger charge is -2.20. The van der Waals surface area contributed by atoms with E-state index in [0.717, 1.165) is 51.1 Å². The average Bonchev–Trinajstić information content (AvgIpc) is 3.30. The molecular formula is C19H24N2O2. The molecule has 0 amide bonds. The van der Waals surface area contributed by atoms with Gasteiger partial charge < -0.3 is 14.4 Å². The second-order valence-electron chi connectivity index (χ2n) is 6.82. The van der Waals surface area contributed by atoms with Gasteiger partial charge in [-0.25, -0.2) is 4.98 Å². The fraction of sp³-hybridized carbons (Fsp3) is 0.526. The SMILES string of the molecule is O[C@@H]1CCC[C@H]1Cn1cnc(-c2ccccc2)c1C1CCOC1. The smallest absolute Gasteiger partial charge is 0.0956 e. The van der Waals surface area contributed by atoms with Crippen molar-refractivity contribution in [2.45, 2.75) is 44.2 Å². The predicted molar refractivity (Wildman–Crippen MR) is 89.2 cm³/mol. The van der Waals surface area contributed by atoms with E-state index < -0.39 is 0 Å². The third kappa shape index (κ3) is 2.93. The minimum Gasteiger partial charge on any atom is -0.393 e. The normalized spacial score (nSPS) is 27.6. The Kier molecular flexibility index (Phi) is 4.19. The molecule has 4 nitrogen and oxygen atoms in total. The number of benzene rings is 1. The minimum atomic E-state index is -0.162. The van der Waals surface area contributed by atoms with E-state index in [0.29, 0.717) is 11.8 Å². The van der Waals surface area contributed by atoms with E-state index in [1.165, 1.54) is 11.3 Å². The number of aromatic nitrogens is 2. The first-order chi connectivity index (χ1) is 11.3. The standard InChI is InChI=1S/C19H24N2O2/c22-17-8-4-7-15(17)11-21-13-20-18(14-5-2-1-3-6-14)19(21)16-9-10-23-12-16/h1-3,5-6,13,15-17,22H,4,7-12H2/t15-,16?,17+/m0/s1. The summed E-state index contributed by atoms with van der Waals surface area (Å²) in [7, 11) is 0. The van der Waals surface area contributed by atoms with Gasteiger partial charge in [-0.05, 0) is 19.3 Å². The Balaban J connectivity index is 1.69. The molecular weight excluding hydrogens is 288 g/mol. The highest BCUT2D eigenvalue weighted by Gasteiger charge is 2.30. The van der Waals surface area contributed by atoms with E-state index in [9.17, 15) is 5.11 Å². The molecule has 1 aromatic heterocycles. The van der Waals surface area contributed by atoms with Crippen LogP contribution in [0.4, 0.5) is 0 Å². The Morgan fingerprint density at radius 1 is 1.17 bits per heavy atom. The molecule has 2 heterocycles. The first-order valence-corrected chi connectivity index (χ1v) is 8.69. The molecule has 1 N–H and O–H groups in total. The third-order valence-corrected chi connectivity index (χ3v) is 5.29. The Hall–Kier alpha value is -1.65. The Labute approximate surface area is 137 Å². The van der Waals surface area contributed by atoms with Crippen LogP contribution in [0.3, 0.4) is 0 Å². The van der Waals surface area contributed by atoms with E-state index >= 15 is 0 Å². The minimum absolute atomic E-state index is 0.162. The zero-order valence-corrected chi connectivity index (χ0v) is 13.4. The van der Waals surface area contributed by atoms with E-state index in [-0.39, 0.29) is 6.10 Å². The Bertz CT molecular complexity index is 647. The summed E-state index contributed by atoms with van der Waals surface area (Å²) in [6, 6.07) is 10.4. The number of imidazole rings is 1. The molecule has 0 spiro atoms. The Morgan fingerprint density at radius 2 is 2.04 bits per heavy atom. The summed E-state index contributed by atoms with van der Waals surface area (Å²) in [6.45, 7) is 2.47. The number of rotatable bonds is 4. The van der Waals surface area contributed by atoms with Crippen molar-refractivity contribution in [2.75, 3.05) is 13.2 Å². The van der Waals surface area contributed by atoms with E-state index in [1.54, 1.807) is 0 Å². The molecule has 4 rings (SSSR count). The molecule has 4 heteroatoms. The zero-order chi connectivity index (χ0) is 15.6. The van der Waals surface area contributed by atoms with Gasteiger partial charge in [0.25, 0.3) is 0 Å². The molecule has 122 valence electrons. The van der Waals surface area contributed by atoms with Gasteiger partial charge in [-0.1, -0.05) is 36.8 Å². The number of aliphatic hydroxyl groups excluding tert-OH is 1. The predicted octanol–water partition coefficient (Wildman–Crippen LogP) is 3.22. The number of aliphatic hydroxyl groups is 1. The van der Waals surface area contributed by atoms with Crippen molar-refractivity contribution < 1.29 is 9.84 Å². The van der Waals surface area contributed by atoms with Gasteiger partial charge >= 0.3 is 0 Å². The molecule has 3 atom stereocenters. The number of ether oxygens (including phenoxy) is 1. The first kappa shape index (κ1) is 14.9. The summed E-state index contributed by atoms with van der Waals surface area (Å²) < 4.78 is 7.91. The molecule has 0 radical (unpaired) electrons. The lowest BCUT2D eigenvalue weighted by atomic mass is 9.98. The largest absolute Gasteiger partial charge is 0.393 e. The molecule has 1 aromatic carbocycles. The summed E-state index contributed by atoms with van der Waals surface area (Å²) in [6.07, 6.45) is 6.03. The summed E-state index contributed by atoms with van der Waals surface area (Å²) in [4.78, 5) is 4.72. The van der Waals surface area contributed by atoms with E-state index in [4.69, 9.17) is 9.72 Å². The fourth-order valence-electron chi connectivity index (χ4n) is 4.02. The van der Waals surface area contributed by atoms with Gasteiger partial charge in [-0.2, -0.15) is 0 Å². The topological polar surface area (TPSA) is 47.3 Å². The van der Waals surface area contributed by atoms with Crippen molar-refractivity contribution in [3.8, 4) is 11.3 Å². The van der Waals surface area contributed by atoms with Crippen LogP contribution in [-0.2, 0) is 11.3 Å². The van der Waals surface area contributed by atoms with Crippen LogP contribution in [0.25, 0.3) is 11.3 Å². The fourth-order valence-corrected chi connectivity index (χ4v) is 4.02. The molecule has 1 saturated carbocycles. The highest BCUT2D eigenvalue weighted by molar-refractivity contribution is 5.62. The van der Waals surface area contributed by atoms with Crippen molar-refractivity contribution in [3.05, 3.63) is 42.4 Å². The van der Waals surface area contributed by atoms with Gasteiger partial charge in [0.05, 0.1) is 30.4 Å². The van der Waals surface area contributed by atoms with E-state index in [1.807, 2.05) is 12.4 Å². The van der Waals surface area contributed by atoms with Crippen LogP contribution in [0.5, 0.6) is 0 Å². The second kappa shape index (κ2) is 6.46. The van der Waals surface area contributed by atoms with Gasteiger partial charge in [0.2, 0.25) is 0 Å². The summed E-state index contributed by atoms with van der Waals surface area (Å²) in [5.41, 5.74) is 3.53. The zero-order valence-electron chi connectivity index (χ0n) is 13.4. The lowest BCUT2D eigenvalue weighted by molar-refractivity contribution is 0.122. The molecule has 1 unspecified atom stereocenters. The van der Waals surface area contributed by atoms with Crippen molar-refractivity contribution in [1.29, 1.82) is 0 Å². The number of nitrogens with zero attached hydrogens (tertiary/aromatic N) is 2. The van der Waals surface area contributed by atoms with E-state index in [2.05, 4.69) is 28.8 Å². The first-order valence-electron chi connectivity index (χ1n) is 8.69. The molecule has 1 aliphatic heterocycles. The molecule has 23 heavy (non-hydrogen) atoms. The highest BCUT2D eigenvalue weighted by Crippen LogP contribution is 2.35. The van der Waals surface area contributed by atoms with Crippen molar-refractivity contribution in [1.82, 2.24) is 9.55 Å². The summed E-state index contributed by atoms with van der Waals surface area (Å²) >= 11 is 0. The van der Waals surface area contributed by atoms with Gasteiger partial charge in [-0.15, -0.1) is 0 Å². The van der Waals surface area contributed by atoms with Crippen LogP contribution < -0.4 is 0 Å². The molecule has 2 aliphatic rings. The quantitative estimate of drug-likeness (QED) is 0.943. The van der Waals surface area contributed by atoms with Crippen LogP contribution in [-0.4, -0.2) is 34.0 Å². The molecule has 1 saturated heterocycles. The van der Waals surface area contributed by atoms with Crippen LogP contribution >= 0.6 is 0 Å². The van der Waals surface area contributed by atoms with Gasteiger partial charge in [-0.3, -0.25) is 0 Å². The Morgan fingerprint density at radius 3 is 2.74 bits per heavy atom. The number of hydrogen-bond acceptors (Lipinski definition) is 3. The van der Waals surface area contributed by atoms with Gasteiger partial charge in [0, 0.05) is 30.6 Å². The monoisotopic (exact) mass is 312 g/mol. The lowest BCUT2D eigenvalue weighted by Crippen LogP contribution is -2.21. The van der Waals surface area contributed by atoms with Crippen molar-refractivity contribution >= 4 is 0 Å². The maximum Gasteiger partial charge on any atom is 0.0956 e. The summed E-state index contributed by atoms with van der Waals surface area (Å²) in [5.74, 6) is 0.764.